The van der Waals surface area contributed by atoms with Crippen LogP contribution in [0.3, 0.4) is 0 Å². The van der Waals surface area contributed by atoms with Crippen LogP contribution in [0.2, 0.25) is 0 Å². The molecule has 0 unspecified atom stereocenters. The number of rotatable bonds is 5. The molecule has 0 aliphatic carbocycles. The monoisotopic (exact) mass is 485 g/mol. The van der Waals surface area contributed by atoms with Gasteiger partial charge in [-0.2, -0.15) is 0 Å². The zero-order chi connectivity index (χ0) is 25.0. The van der Waals surface area contributed by atoms with E-state index in [9.17, 15) is 23.9 Å². The Hall–Kier alpha value is -4.04. The lowest BCUT2D eigenvalue weighted by Gasteiger charge is -2.29. The Labute approximate surface area is 206 Å². The molecule has 182 valence electrons. The van der Waals surface area contributed by atoms with E-state index in [4.69, 9.17) is 0 Å². The maximum Gasteiger partial charge on any atom is 0.250 e. The third-order valence-electron chi connectivity index (χ3n) is 7.63. The van der Waals surface area contributed by atoms with Gasteiger partial charge in [0.2, 0.25) is 17.7 Å². The smallest absolute Gasteiger partial charge is 0.250 e. The van der Waals surface area contributed by atoms with Gasteiger partial charge in [0.25, 0.3) is 0 Å². The van der Waals surface area contributed by atoms with Gasteiger partial charge in [-0.15, -0.1) is 0 Å². The molecular formula is C28H24FN3O4. The molecule has 7 nitrogen and oxygen atoms in total. The van der Waals surface area contributed by atoms with Crippen LogP contribution in [0, 0.1) is 17.7 Å². The van der Waals surface area contributed by atoms with Crippen LogP contribution < -0.4 is 10.6 Å². The highest BCUT2D eigenvalue weighted by Crippen LogP contribution is 2.53. The molecule has 3 aromatic carbocycles. The summed E-state index contributed by atoms with van der Waals surface area (Å²) in [6, 6.07) is 19.6. The van der Waals surface area contributed by atoms with Crippen molar-refractivity contribution in [1.82, 2.24) is 10.2 Å². The summed E-state index contributed by atoms with van der Waals surface area (Å²) in [4.78, 5) is 42.3. The number of carbonyl (C=O) groups is 3. The summed E-state index contributed by atoms with van der Waals surface area (Å²) in [5.74, 6) is -3.40. The van der Waals surface area contributed by atoms with E-state index in [0.717, 1.165) is 11.1 Å². The quantitative estimate of drug-likeness (QED) is 0.483. The number of benzene rings is 3. The van der Waals surface area contributed by atoms with Gasteiger partial charge in [0.1, 0.15) is 17.1 Å². The molecule has 2 saturated heterocycles. The lowest BCUT2D eigenvalue weighted by molar-refractivity contribution is -0.142. The molecule has 8 heteroatoms. The minimum atomic E-state index is -1.54. The van der Waals surface area contributed by atoms with Gasteiger partial charge in [0, 0.05) is 23.8 Å². The number of hydrogen-bond donors (Lipinski definition) is 3. The average molecular weight is 486 g/mol. The first kappa shape index (κ1) is 22.4. The highest BCUT2D eigenvalue weighted by molar-refractivity contribution is 6.15. The van der Waals surface area contributed by atoms with Crippen molar-refractivity contribution in [2.75, 3.05) is 11.9 Å². The molecule has 0 saturated carbocycles. The first-order chi connectivity index (χ1) is 17.4. The third-order valence-corrected chi connectivity index (χ3v) is 7.63. The van der Waals surface area contributed by atoms with Gasteiger partial charge in [-0.05, 0) is 54.3 Å². The van der Waals surface area contributed by atoms with E-state index in [1.54, 1.807) is 24.3 Å². The summed E-state index contributed by atoms with van der Waals surface area (Å²) in [5.41, 5.74) is 1.07. The molecule has 36 heavy (non-hydrogen) atoms. The Morgan fingerprint density at radius 3 is 2.42 bits per heavy atom. The molecule has 6 rings (SSSR count). The van der Waals surface area contributed by atoms with Crippen LogP contribution in [0.25, 0.3) is 0 Å². The molecule has 3 aromatic rings. The van der Waals surface area contributed by atoms with Gasteiger partial charge in [-0.1, -0.05) is 42.5 Å². The van der Waals surface area contributed by atoms with E-state index in [-0.39, 0.29) is 18.2 Å². The fourth-order valence-electron chi connectivity index (χ4n) is 6.00. The van der Waals surface area contributed by atoms with Crippen molar-refractivity contribution in [2.24, 2.45) is 11.8 Å². The number of phenols is 1. The predicted octanol–water partition coefficient (Wildman–Crippen LogP) is 2.74. The van der Waals surface area contributed by atoms with E-state index in [0.29, 0.717) is 24.1 Å². The van der Waals surface area contributed by atoms with Crippen LogP contribution in [0.5, 0.6) is 5.75 Å². The summed E-state index contributed by atoms with van der Waals surface area (Å²) in [5, 5.41) is 15.8. The van der Waals surface area contributed by atoms with Crippen molar-refractivity contribution in [1.29, 1.82) is 0 Å². The van der Waals surface area contributed by atoms with E-state index in [2.05, 4.69) is 10.6 Å². The fraction of sp³-hybridized carbons (Fsp3) is 0.250. The minimum absolute atomic E-state index is 0.117. The van der Waals surface area contributed by atoms with E-state index < -0.39 is 41.0 Å². The van der Waals surface area contributed by atoms with Crippen molar-refractivity contribution in [3.8, 4) is 5.75 Å². The number of imide groups is 1. The molecule has 3 amide bonds. The Balaban J connectivity index is 1.40. The predicted molar refractivity (Wildman–Crippen MR) is 129 cm³/mol. The summed E-state index contributed by atoms with van der Waals surface area (Å²) >= 11 is 0. The summed E-state index contributed by atoms with van der Waals surface area (Å²) in [7, 11) is 0. The average Bonchev–Trinajstić information content (AvgIpc) is 3.44. The minimum Gasteiger partial charge on any atom is -0.508 e. The molecule has 3 heterocycles. The number of nitrogens with one attached hydrogen (secondary N) is 2. The van der Waals surface area contributed by atoms with Gasteiger partial charge in [0.05, 0.1) is 11.8 Å². The SMILES string of the molecule is O=C1[C@@H]2[C@H](Cc3ccc(O)cc3)N[C@]3(C(=O)Nc4ccc(F)cc43)[C@@H]2C(=O)N1CCc1ccccc1. The summed E-state index contributed by atoms with van der Waals surface area (Å²) < 4.78 is 14.4. The molecule has 2 fully saturated rings. The number of nitrogens with zero attached hydrogens (tertiary/aromatic N) is 1. The highest BCUT2D eigenvalue weighted by Gasteiger charge is 2.70. The number of likely N-dealkylation sites (tertiary alicyclic amines) is 1. The topological polar surface area (TPSA) is 98.7 Å². The molecule has 0 radical (unpaired) electrons. The zero-order valence-electron chi connectivity index (χ0n) is 19.3. The van der Waals surface area contributed by atoms with Crippen molar-refractivity contribution < 1.29 is 23.9 Å². The number of carbonyl (C=O) groups excluding carboxylic acids is 3. The van der Waals surface area contributed by atoms with Crippen LogP contribution in [-0.2, 0) is 32.8 Å². The van der Waals surface area contributed by atoms with Crippen LogP contribution in [0.15, 0.2) is 72.8 Å². The van der Waals surface area contributed by atoms with Gasteiger partial charge in [0.15, 0.2) is 0 Å². The second kappa shape index (κ2) is 8.27. The van der Waals surface area contributed by atoms with Crippen molar-refractivity contribution in [3.05, 3.63) is 95.3 Å². The van der Waals surface area contributed by atoms with Crippen LogP contribution in [0.1, 0.15) is 16.7 Å². The normalized spacial score (nSPS) is 26.4. The Morgan fingerprint density at radius 1 is 0.917 bits per heavy atom. The van der Waals surface area contributed by atoms with Crippen LogP contribution >= 0.6 is 0 Å². The number of aromatic hydroxyl groups is 1. The first-order valence-electron chi connectivity index (χ1n) is 11.9. The molecular weight excluding hydrogens is 461 g/mol. The number of fused-ring (bicyclic) bond motifs is 4. The van der Waals surface area contributed by atoms with E-state index in [1.807, 2.05) is 30.3 Å². The second-order valence-electron chi connectivity index (χ2n) is 9.64. The number of halogens is 1. The third kappa shape index (κ3) is 3.32. The van der Waals surface area contributed by atoms with Gasteiger partial charge < -0.3 is 10.4 Å². The Kier molecular flexibility index (Phi) is 5.15. The molecule has 0 aromatic heterocycles. The lowest BCUT2D eigenvalue weighted by atomic mass is 9.76. The maximum absolute atomic E-state index is 14.4. The number of anilines is 1. The van der Waals surface area contributed by atoms with Crippen LogP contribution in [-0.4, -0.2) is 40.3 Å². The summed E-state index contributed by atoms with van der Waals surface area (Å²) in [6.07, 6.45) is 0.852. The highest BCUT2D eigenvalue weighted by atomic mass is 19.1. The number of phenolic OH excluding ortho intramolecular Hbond substituents is 1. The van der Waals surface area contributed by atoms with Crippen molar-refractivity contribution in [3.63, 3.8) is 0 Å². The molecule has 3 aliphatic heterocycles. The molecule has 3 aliphatic rings. The van der Waals surface area contributed by atoms with Crippen molar-refractivity contribution >= 4 is 23.4 Å². The Morgan fingerprint density at radius 2 is 1.67 bits per heavy atom. The number of hydrogen-bond acceptors (Lipinski definition) is 5. The molecule has 0 bridgehead atoms. The van der Waals surface area contributed by atoms with Crippen LogP contribution in [0.4, 0.5) is 10.1 Å². The fourth-order valence-corrected chi connectivity index (χ4v) is 6.00. The maximum atomic E-state index is 14.4. The molecule has 1 spiro atoms. The Bertz CT molecular complexity index is 1380. The number of amides is 3. The largest absolute Gasteiger partial charge is 0.508 e. The van der Waals surface area contributed by atoms with E-state index in [1.165, 1.54) is 23.1 Å². The van der Waals surface area contributed by atoms with Gasteiger partial charge >= 0.3 is 0 Å². The lowest BCUT2D eigenvalue weighted by Crippen LogP contribution is -2.53. The second-order valence-corrected chi connectivity index (χ2v) is 9.64. The first-order valence-corrected chi connectivity index (χ1v) is 11.9. The standard InChI is InChI=1S/C28H24FN3O4/c29-18-8-11-21-20(15-18)28(27(36)30-21)24-23(22(31-28)14-17-6-9-19(33)10-7-17)25(34)32(26(24)35)13-12-16-4-2-1-3-5-16/h1-11,15,22-24,31,33H,12-14H2,(H,30,36)/t22-,23+,24-,28-/m0/s1. The molecule has 4 atom stereocenters. The summed E-state index contributed by atoms with van der Waals surface area (Å²) in [6.45, 7) is 0.203. The van der Waals surface area contributed by atoms with Gasteiger partial charge in [-0.25, -0.2) is 4.39 Å². The zero-order valence-corrected chi connectivity index (χ0v) is 19.3. The van der Waals surface area contributed by atoms with Gasteiger partial charge in [-0.3, -0.25) is 24.6 Å². The molecule has 3 N–H and O–H groups in total. The van der Waals surface area contributed by atoms with Crippen molar-refractivity contribution in [2.45, 2.75) is 24.4 Å². The van der Waals surface area contributed by atoms with E-state index >= 15 is 0 Å².